The van der Waals surface area contributed by atoms with Gasteiger partial charge in [-0.05, 0) is 62.1 Å². The molecular weight excluding hydrogens is 522 g/mol. The fourth-order valence-electron chi connectivity index (χ4n) is 6.77. The number of benzene rings is 1. The van der Waals surface area contributed by atoms with Crippen molar-refractivity contribution in [2.45, 2.75) is 71.1 Å². The largest absolute Gasteiger partial charge is 0.485 e. The Bertz CT molecular complexity index is 1340. The van der Waals surface area contributed by atoms with Crippen LogP contribution in [0.5, 0.6) is 5.75 Å². The number of carbonyl (C=O) groups excluding carboxylic acids is 2. The maximum absolute atomic E-state index is 14.3. The smallest absolute Gasteiger partial charge is 0.310 e. The molecule has 3 heterocycles. The number of ether oxygens (including phenoxy) is 1. The molecule has 2 unspecified atom stereocenters. The van der Waals surface area contributed by atoms with Crippen molar-refractivity contribution in [2.24, 2.45) is 23.8 Å². The third-order valence-electron chi connectivity index (χ3n) is 9.46. The second kappa shape index (κ2) is 9.50. The first-order chi connectivity index (χ1) is 18.6. The lowest BCUT2D eigenvalue weighted by Gasteiger charge is -2.47. The number of hydrogen-bond donors (Lipinski definition) is 1. The van der Waals surface area contributed by atoms with Crippen LogP contribution >= 0.6 is 11.6 Å². The topological polar surface area (TPSA) is 118 Å². The van der Waals surface area contributed by atoms with Gasteiger partial charge in [-0.15, -0.1) is 10.2 Å². The summed E-state index contributed by atoms with van der Waals surface area (Å²) in [5.74, 6) is -0.644. The van der Waals surface area contributed by atoms with Crippen LogP contribution in [-0.4, -0.2) is 60.5 Å². The average Bonchev–Trinajstić information content (AvgIpc) is 3.41. The lowest BCUT2D eigenvalue weighted by atomic mass is 9.66. The maximum atomic E-state index is 14.3. The van der Waals surface area contributed by atoms with E-state index in [2.05, 4.69) is 10.2 Å². The monoisotopic (exact) mass is 555 g/mol. The van der Waals surface area contributed by atoms with Crippen LogP contribution in [0.2, 0.25) is 5.02 Å². The molecule has 2 saturated carbocycles. The molecule has 1 aromatic heterocycles. The van der Waals surface area contributed by atoms with E-state index in [0.717, 1.165) is 31.2 Å². The van der Waals surface area contributed by atoms with E-state index in [9.17, 15) is 19.5 Å². The first kappa shape index (κ1) is 26.1. The van der Waals surface area contributed by atoms with Crippen LogP contribution in [0, 0.1) is 16.7 Å². The van der Waals surface area contributed by atoms with Gasteiger partial charge in [0.2, 0.25) is 11.8 Å². The van der Waals surface area contributed by atoms with Gasteiger partial charge in [0.15, 0.2) is 5.82 Å². The van der Waals surface area contributed by atoms with Crippen molar-refractivity contribution in [2.75, 3.05) is 13.1 Å². The van der Waals surface area contributed by atoms with Crippen LogP contribution < -0.4 is 4.74 Å². The fourth-order valence-corrected chi connectivity index (χ4v) is 7.03. The number of likely N-dealkylation sites (tertiary alicyclic amines) is 1. The van der Waals surface area contributed by atoms with Crippen LogP contribution in [0.15, 0.2) is 18.5 Å². The van der Waals surface area contributed by atoms with Crippen molar-refractivity contribution < 1.29 is 24.2 Å². The number of amides is 2. The first-order valence-corrected chi connectivity index (χ1v) is 14.1. The molecule has 11 heteroatoms. The van der Waals surface area contributed by atoms with Crippen LogP contribution in [0.25, 0.3) is 0 Å². The zero-order chi connectivity index (χ0) is 27.5. The number of carboxylic acids is 1. The Morgan fingerprint density at radius 3 is 2.69 bits per heavy atom. The Morgan fingerprint density at radius 1 is 1.23 bits per heavy atom. The second-order valence-corrected chi connectivity index (χ2v) is 12.4. The van der Waals surface area contributed by atoms with Gasteiger partial charge in [-0.25, -0.2) is 0 Å². The normalized spacial score (nSPS) is 27.5. The summed E-state index contributed by atoms with van der Waals surface area (Å²) >= 11 is 6.71. The highest BCUT2D eigenvalue weighted by Gasteiger charge is 2.56. The second-order valence-electron chi connectivity index (χ2n) is 12.0. The molecule has 1 N–H and O–H groups in total. The van der Waals surface area contributed by atoms with Gasteiger partial charge in [-0.2, -0.15) is 0 Å². The Hall–Kier alpha value is -3.14. The Morgan fingerprint density at radius 2 is 2.03 bits per heavy atom. The first-order valence-electron chi connectivity index (χ1n) is 13.7. The number of aromatic nitrogens is 3. The summed E-state index contributed by atoms with van der Waals surface area (Å²) in [6.45, 7) is 2.76. The predicted octanol–water partition coefficient (Wildman–Crippen LogP) is 3.72. The molecule has 39 heavy (non-hydrogen) atoms. The SMILES string of the molecule is Cn1cnnc1COc1ccc(Cl)c2c1C(N1CC3(CC3)CC1=O)N(C(=O)C1CCCC[C@]1(C)C(=O)O)CC2. The lowest BCUT2D eigenvalue weighted by Crippen LogP contribution is -2.54. The average molecular weight is 556 g/mol. The van der Waals surface area contributed by atoms with Gasteiger partial charge in [-0.3, -0.25) is 14.4 Å². The lowest BCUT2D eigenvalue weighted by molar-refractivity contribution is -0.165. The van der Waals surface area contributed by atoms with E-state index in [0.29, 0.717) is 60.9 Å². The molecule has 1 saturated heterocycles. The van der Waals surface area contributed by atoms with Crippen LogP contribution in [0.4, 0.5) is 0 Å². The summed E-state index contributed by atoms with van der Waals surface area (Å²) in [5.41, 5.74) is 0.395. The quantitative estimate of drug-likeness (QED) is 0.577. The molecule has 4 aliphatic rings. The summed E-state index contributed by atoms with van der Waals surface area (Å²) in [4.78, 5) is 43.8. The number of aryl methyl sites for hydroxylation is 1. The van der Waals surface area contributed by atoms with Crippen LogP contribution in [0.3, 0.4) is 0 Å². The van der Waals surface area contributed by atoms with Crippen LogP contribution in [0.1, 0.15) is 75.0 Å². The molecule has 1 spiro atoms. The third-order valence-corrected chi connectivity index (χ3v) is 9.81. The summed E-state index contributed by atoms with van der Waals surface area (Å²) in [7, 11) is 1.83. The zero-order valence-electron chi connectivity index (χ0n) is 22.4. The van der Waals surface area contributed by atoms with Gasteiger partial charge in [0.1, 0.15) is 24.8 Å². The van der Waals surface area contributed by atoms with Gasteiger partial charge in [0.05, 0.1) is 11.3 Å². The molecule has 2 aromatic rings. The van der Waals surface area contributed by atoms with E-state index < -0.39 is 23.5 Å². The van der Waals surface area contributed by atoms with E-state index in [1.807, 2.05) is 11.9 Å². The maximum Gasteiger partial charge on any atom is 0.310 e. The summed E-state index contributed by atoms with van der Waals surface area (Å²) in [6.07, 6.45) is 6.38. The number of rotatable bonds is 6. The molecule has 2 amide bonds. The number of fused-ring (bicyclic) bond motifs is 1. The molecule has 2 aliphatic carbocycles. The van der Waals surface area contributed by atoms with E-state index >= 15 is 0 Å². The van der Waals surface area contributed by atoms with Crippen molar-refractivity contribution in [3.63, 3.8) is 0 Å². The minimum atomic E-state index is -1.15. The predicted molar refractivity (Wildman–Crippen MR) is 141 cm³/mol. The van der Waals surface area contributed by atoms with E-state index in [-0.39, 0.29) is 23.8 Å². The molecule has 3 fully saturated rings. The fraction of sp³-hybridized carbons (Fsp3) is 0.607. The molecule has 1 aromatic carbocycles. The van der Waals surface area contributed by atoms with Gasteiger partial charge in [-0.1, -0.05) is 24.4 Å². The molecular formula is C28H34ClN5O5. The number of aliphatic carboxylic acids is 1. The highest BCUT2D eigenvalue weighted by atomic mass is 35.5. The molecule has 0 bridgehead atoms. The number of halogens is 1. The Kier molecular flexibility index (Phi) is 6.36. The minimum absolute atomic E-state index is 0.00650. The van der Waals surface area contributed by atoms with Gasteiger partial charge < -0.3 is 24.2 Å². The summed E-state index contributed by atoms with van der Waals surface area (Å²) in [6, 6.07) is 3.58. The van der Waals surface area contributed by atoms with Crippen molar-refractivity contribution >= 4 is 29.4 Å². The molecule has 208 valence electrons. The van der Waals surface area contributed by atoms with Crippen molar-refractivity contribution in [3.8, 4) is 5.75 Å². The van der Waals surface area contributed by atoms with Crippen molar-refractivity contribution in [1.82, 2.24) is 24.6 Å². The van der Waals surface area contributed by atoms with E-state index in [1.54, 1.807) is 34.9 Å². The third kappa shape index (κ3) is 4.37. The Labute approximate surface area is 232 Å². The van der Waals surface area contributed by atoms with Crippen molar-refractivity contribution in [1.29, 1.82) is 0 Å². The van der Waals surface area contributed by atoms with E-state index in [1.165, 1.54) is 0 Å². The molecule has 2 aliphatic heterocycles. The Balaban J connectivity index is 1.42. The highest BCUT2D eigenvalue weighted by Crippen LogP contribution is 2.56. The summed E-state index contributed by atoms with van der Waals surface area (Å²) in [5, 5.41) is 18.7. The van der Waals surface area contributed by atoms with Gasteiger partial charge in [0, 0.05) is 37.1 Å². The van der Waals surface area contributed by atoms with Gasteiger partial charge >= 0.3 is 5.97 Å². The number of nitrogens with zero attached hydrogens (tertiary/aromatic N) is 5. The molecule has 10 nitrogen and oxygen atoms in total. The molecule has 6 rings (SSSR count). The minimum Gasteiger partial charge on any atom is -0.485 e. The number of carboxylic acid groups (broad SMARTS) is 1. The van der Waals surface area contributed by atoms with Crippen molar-refractivity contribution in [3.05, 3.63) is 40.4 Å². The van der Waals surface area contributed by atoms with Gasteiger partial charge in [0.25, 0.3) is 0 Å². The standard InChI is InChI=1S/C28H34ClN5O5/c1-27(26(37)38)9-4-3-5-18(27)25(36)33-12-8-17-19(29)6-7-20(39-14-21-31-30-16-32(21)2)23(17)24(33)34-15-28(10-11-28)13-22(34)35/h6-7,16,18,24H,3-5,8-15H2,1-2H3,(H,37,38)/t18?,24?,27-/m0/s1. The molecule has 0 radical (unpaired) electrons. The van der Waals surface area contributed by atoms with E-state index in [4.69, 9.17) is 16.3 Å². The highest BCUT2D eigenvalue weighted by molar-refractivity contribution is 6.31. The zero-order valence-corrected chi connectivity index (χ0v) is 23.1. The number of hydrogen-bond acceptors (Lipinski definition) is 6. The number of carbonyl (C=O) groups is 3. The molecule has 3 atom stereocenters. The van der Waals surface area contributed by atoms with Crippen LogP contribution in [-0.2, 0) is 34.5 Å². The summed E-state index contributed by atoms with van der Waals surface area (Å²) < 4.78 is 8.05.